The number of hydrogen-bond donors (Lipinski definition) is 3. The van der Waals surface area contributed by atoms with Gasteiger partial charge in [0, 0.05) is 64.8 Å². The zero-order chi connectivity index (χ0) is 22.7. The second-order valence-corrected chi connectivity index (χ2v) is 11.9. The minimum Gasteiger partial charge on any atom is -0.374 e. The highest BCUT2D eigenvalue weighted by Crippen LogP contribution is 2.18. The third kappa shape index (κ3) is 12.3. The topological polar surface area (TPSA) is 103 Å². The summed E-state index contributed by atoms with van der Waals surface area (Å²) >= 11 is 0. The molecule has 0 radical (unpaired) electrons. The summed E-state index contributed by atoms with van der Waals surface area (Å²) in [5.74, 6) is 0.308. The Labute approximate surface area is 185 Å². The Bertz CT molecular complexity index is 365. The van der Waals surface area contributed by atoms with Gasteiger partial charge in [-0.05, 0) is 54.4 Å². The average molecular weight is 468 g/mol. The van der Waals surface area contributed by atoms with E-state index in [1.165, 1.54) is 0 Å². The molecule has 0 aliphatic rings. The Morgan fingerprint density at radius 1 is 0.567 bits per heavy atom. The standard InChI is InChI=1S/C19H45N3O6Si2/c1-7-23-29(24-8-2,25-9-3)17-13-15-21-19(20)22-16-14-18-30(26-10-4,27-11-5)28-12-6/h7-18H2,1-6H3,(H3,20,21,22). The Morgan fingerprint density at radius 2 is 0.833 bits per heavy atom. The molecule has 0 unspecified atom stereocenters. The van der Waals surface area contributed by atoms with Gasteiger partial charge in [-0.1, -0.05) is 0 Å². The Hall–Kier alpha value is -0.536. The number of nitrogens with one attached hydrogen (secondary N) is 3. The van der Waals surface area contributed by atoms with Gasteiger partial charge in [-0.3, -0.25) is 5.41 Å². The molecule has 0 aromatic rings. The molecule has 0 fully saturated rings. The van der Waals surface area contributed by atoms with E-state index in [0.717, 1.165) is 24.9 Å². The minimum absolute atomic E-state index is 0.308. The maximum atomic E-state index is 8.06. The zero-order valence-corrected chi connectivity index (χ0v) is 21.9. The predicted octanol–water partition coefficient (Wildman–Crippen LogP) is 2.98. The molecule has 0 bridgehead atoms. The fraction of sp³-hybridized carbons (Fsp3) is 0.947. The molecule has 11 heteroatoms. The molecule has 0 aliphatic carbocycles. The van der Waals surface area contributed by atoms with E-state index in [2.05, 4.69) is 10.6 Å². The van der Waals surface area contributed by atoms with Gasteiger partial charge in [-0.2, -0.15) is 0 Å². The van der Waals surface area contributed by atoms with Crippen molar-refractivity contribution in [2.75, 3.05) is 52.7 Å². The molecular weight excluding hydrogens is 422 g/mol. The van der Waals surface area contributed by atoms with E-state index in [9.17, 15) is 0 Å². The first-order chi connectivity index (χ1) is 14.5. The lowest BCUT2D eigenvalue weighted by Gasteiger charge is -2.28. The summed E-state index contributed by atoms with van der Waals surface area (Å²) in [6.07, 6.45) is 1.62. The largest absolute Gasteiger partial charge is 0.500 e. The van der Waals surface area contributed by atoms with E-state index >= 15 is 0 Å². The van der Waals surface area contributed by atoms with Crippen molar-refractivity contribution in [3.8, 4) is 0 Å². The van der Waals surface area contributed by atoms with Crippen LogP contribution in [-0.4, -0.2) is 76.3 Å². The van der Waals surface area contributed by atoms with Crippen LogP contribution in [0, 0.1) is 5.41 Å². The molecule has 180 valence electrons. The summed E-state index contributed by atoms with van der Waals surface area (Å²) in [5, 5.41) is 14.3. The van der Waals surface area contributed by atoms with E-state index in [0.29, 0.717) is 58.7 Å². The lowest BCUT2D eigenvalue weighted by molar-refractivity contribution is 0.0701. The Kier molecular flexibility index (Phi) is 17.8. The number of rotatable bonds is 20. The highest BCUT2D eigenvalue weighted by molar-refractivity contribution is 6.61. The van der Waals surface area contributed by atoms with Gasteiger partial charge in [0.15, 0.2) is 5.96 Å². The minimum atomic E-state index is -2.61. The fourth-order valence-corrected chi connectivity index (χ4v) is 8.33. The molecular formula is C19H45N3O6Si2. The van der Waals surface area contributed by atoms with Gasteiger partial charge < -0.3 is 37.2 Å². The normalized spacial score (nSPS) is 12.2. The van der Waals surface area contributed by atoms with Gasteiger partial charge in [-0.15, -0.1) is 0 Å². The number of guanidine groups is 1. The van der Waals surface area contributed by atoms with Gasteiger partial charge >= 0.3 is 17.6 Å². The smallest absolute Gasteiger partial charge is 0.374 e. The lowest BCUT2D eigenvalue weighted by atomic mass is 10.4. The van der Waals surface area contributed by atoms with Crippen LogP contribution < -0.4 is 10.6 Å². The van der Waals surface area contributed by atoms with Crippen LogP contribution in [0.4, 0.5) is 0 Å². The first-order valence-electron chi connectivity index (χ1n) is 11.4. The molecule has 0 saturated carbocycles. The Balaban J connectivity index is 4.27. The van der Waals surface area contributed by atoms with Crippen molar-refractivity contribution in [3.63, 3.8) is 0 Å². The van der Waals surface area contributed by atoms with Gasteiger partial charge in [0.2, 0.25) is 0 Å². The quantitative estimate of drug-likeness (QED) is 0.109. The molecule has 0 aromatic carbocycles. The molecule has 0 heterocycles. The van der Waals surface area contributed by atoms with E-state index < -0.39 is 17.6 Å². The number of hydrogen-bond acceptors (Lipinski definition) is 7. The molecule has 3 N–H and O–H groups in total. The van der Waals surface area contributed by atoms with Crippen molar-refractivity contribution >= 4 is 23.6 Å². The van der Waals surface area contributed by atoms with Crippen LogP contribution >= 0.6 is 0 Å². The lowest BCUT2D eigenvalue weighted by Crippen LogP contribution is -2.47. The average Bonchev–Trinajstić information content (AvgIpc) is 2.70. The molecule has 30 heavy (non-hydrogen) atoms. The van der Waals surface area contributed by atoms with Crippen LogP contribution in [0.15, 0.2) is 0 Å². The van der Waals surface area contributed by atoms with Gasteiger partial charge in [0.05, 0.1) is 0 Å². The zero-order valence-electron chi connectivity index (χ0n) is 19.9. The SMILES string of the molecule is CCO[Si](CCCNC(=N)NCCC[Si](OCC)(OCC)OCC)(OCC)OCC. The van der Waals surface area contributed by atoms with Crippen LogP contribution in [0.1, 0.15) is 54.4 Å². The van der Waals surface area contributed by atoms with Crippen LogP contribution in [0.5, 0.6) is 0 Å². The summed E-state index contributed by atoms with van der Waals surface area (Å²) in [6, 6.07) is 1.46. The summed E-state index contributed by atoms with van der Waals surface area (Å²) < 4.78 is 35.1. The van der Waals surface area contributed by atoms with Crippen molar-refractivity contribution in [2.45, 2.75) is 66.5 Å². The summed E-state index contributed by atoms with van der Waals surface area (Å²) in [7, 11) is -5.22. The van der Waals surface area contributed by atoms with Crippen molar-refractivity contribution in [1.29, 1.82) is 5.41 Å². The Morgan fingerprint density at radius 3 is 1.07 bits per heavy atom. The first kappa shape index (κ1) is 29.5. The monoisotopic (exact) mass is 467 g/mol. The summed E-state index contributed by atoms with van der Waals surface area (Å²) in [4.78, 5) is 0. The fourth-order valence-electron chi connectivity index (χ4n) is 3.10. The molecule has 0 aromatic heterocycles. The second-order valence-electron chi connectivity index (χ2n) is 6.40. The maximum Gasteiger partial charge on any atom is 0.500 e. The highest BCUT2D eigenvalue weighted by Gasteiger charge is 2.40. The third-order valence-electron chi connectivity index (χ3n) is 4.11. The van der Waals surface area contributed by atoms with E-state index in [4.69, 9.17) is 32.0 Å². The molecule has 0 amide bonds. The van der Waals surface area contributed by atoms with E-state index in [1.54, 1.807) is 0 Å². The third-order valence-corrected chi connectivity index (χ3v) is 10.4. The van der Waals surface area contributed by atoms with Crippen LogP contribution in [0.2, 0.25) is 12.1 Å². The molecule has 0 saturated heterocycles. The van der Waals surface area contributed by atoms with Gasteiger partial charge in [0.1, 0.15) is 0 Å². The van der Waals surface area contributed by atoms with Crippen LogP contribution in [-0.2, 0) is 26.6 Å². The van der Waals surface area contributed by atoms with Crippen molar-refractivity contribution in [3.05, 3.63) is 0 Å². The highest BCUT2D eigenvalue weighted by atomic mass is 28.4. The van der Waals surface area contributed by atoms with Crippen LogP contribution in [0.25, 0.3) is 0 Å². The van der Waals surface area contributed by atoms with E-state index in [-0.39, 0.29) is 0 Å². The maximum absolute atomic E-state index is 8.06. The van der Waals surface area contributed by atoms with Crippen molar-refractivity contribution in [1.82, 2.24) is 10.6 Å². The molecule has 0 rings (SSSR count). The van der Waals surface area contributed by atoms with Gasteiger partial charge in [0.25, 0.3) is 0 Å². The first-order valence-corrected chi connectivity index (χ1v) is 15.2. The van der Waals surface area contributed by atoms with Crippen molar-refractivity contribution < 1.29 is 26.6 Å². The molecule has 0 atom stereocenters. The molecule has 9 nitrogen and oxygen atoms in total. The molecule has 0 spiro atoms. The van der Waals surface area contributed by atoms with E-state index in [1.807, 2.05) is 41.5 Å². The summed E-state index contributed by atoms with van der Waals surface area (Å²) in [5.41, 5.74) is 0. The van der Waals surface area contributed by atoms with Crippen molar-refractivity contribution in [2.24, 2.45) is 0 Å². The predicted molar refractivity (Wildman–Crippen MR) is 124 cm³/mol. The second kappa shape index (κ2) is 18.1. The molecule has 0 aliphatic heterocycles. The van der Waals surface area contributed by atoms with Crippen LogP contribution in [0.3, 0.4) is 0 Å². The van der Waals surface area contributed by atoms with Gasteiger partial charge in [-0.25, -0.2) is 0 Å². The summed E-state index contributed by atoms with van der Waals surface area (Å²) in [6.45, 7) is 16.5.